The molecule has 0 aliphatic rings. The van der Waals surface area contributed by atoms with E-state index in [1.165, 1.54) is 12.1 Å². The summed E-state index contributed by atoms with van der Waals surface area (Å²) < 4.78 is 12.9. The van der Waals surface area contributed by atoms with Gasteiger partial charge in [0.05, 0.1) is 4.47 Å². The summed E-state index contributed by atoms with van der Waals surface area (Å²) in [6.07, 6.45) is 1.29. The number of benzene rings is 1. The monoisotopic (exact) mass is 266 g/mol. The van der Waals surface area contributed by atoms with E-state index in [9.17, 15) is 14.3 Å². The molecule has 1 aromatic rings. The molecule has 0 atom stereocenters. The zero-order valence-corrected chi connectivity index (χ0v) is 11.0. The smallest absolute Gasteiger partial charge is 0.878 e. The first-order chi connectivity index (χ1) is 6.15. The molecule has 0 aliphatic carbocycles. The minimum absolute atomic E-state index is 0. The van der Waals surface area contributed by atoms with Gasteiger partial charge in [-0.15, -0.1) is 6.26 Å². The molecule has 0 unspecified atom stereocenters. The Morgan fingerprint density at radius 3 is 2.64 bits per heavy atom. The van der Waals surface area contributed by atoms with Crippen molar-refractivity contribution in [2.24, 2.45) is 0 Å². The van der Waals surface area contributed by atoms with Crippen LogP contribution in [0.5, 0.6) is 0 Å². The Morgan fingerprint density at radius 2 is 2.14 bits per heavy atom. The van der Waals surface area contributed by atoms with E-state index < -0.39 is 11.6 Å². The van der Waals surface area contributed by atoms with E-state index >= 15 is 0 Å². The number of hydrogen-bond acceptors (Lipinski definition) is 2. The summed E-state index contributed by atoms with van der Waals surface area (Å²) in [5.41, 5.74) is 0.278. The molecule has 14 heavy (non-hydrogen) atoms. The van der Waals surface area contributed by atoms with Crippen molar-refractivity contribution in [2.75, 3.05) is 0 Å². The van der Waals surface area contributed by atoms with E-state index in [0.717, 1.165) is 12.1 Å². The fourth-order valence-corrected chi connectivity index (χ4v) is 1.19. The first-order valence-electron chi connectivity index (χ1n) is 3.43. The third kappa shape index (κ3) is 3.53. The number of hydrogen-bond donors (Lipinski definition) is 0. The van der Waals surface area contributed by atoms with Gasteiger partial charge in [-0.2, -0.15) is 0 Å². The topological polar surface area (TPSA) is 40.1 Å². The van der Waals surface area contributed by atoms with Gasteiger partial charge in [-0.05, 0) is 40.2 Å². The largest absolute Gasteiger partial charge is 1.00 e. The predicted octanol–water partition coefficient (Wildman–Crippen LogP) is -1.35. The molecule has 0 amide bonds. The molecule has 1 aromatic carbocycles. The molecule has 0 aromatic heterocycles. The number of ketones is 1. The van der Waals surface area contributed by atoms with Crippen molar-refractivity contribution in [1.82, 2.24) is 0 Å². The third-order valence-corrected chi connectivity index (χ3v) is 2.03. The van der Waals surface area contributed by atoms with Gasteiger partial charge in [-0.25, -0.2) is 4.39 Å². The molecular weight excluding hydrogens is 262 g/mol. The van der Waals surface area contributed by atoms with E-state index in [-0.39, 0.29) is 39.6 Å². The van der Waals surface area contributed by atoms with Crippen LogP contribution in [0, 0.1) is 5.82 Å². The van der Waals surface area contributed by atoms with E-state index in [1.54, 1.807) is 0 Å². The molecule has 0 saturated heterocycles. The molecule has 0 radical (unpaired) electrons. The van der Waals surface area contributed by atoms with Crippen molar-refractivity contribution < 1.29 is 43.8 Å². The third-order valence-electron chi connectivity index (χ3n) is 1.42. The van der Waals surface area contributed by atoms with Gasteiger partial charge >= 0.3 is 29.6 Å². The molecule has 5 heteroatoms. The average molecular weight is 267 g/mol. The minimum atomic E-state index is -0.442. The summed E-state index contributed by atoms with van der Waals surface area (Å²) in [6, 6.07) is 3.82. The summed E-state index contributed by atoms with van der Waals surface area (Å²) in [5, 5.41) is 9.98. The maximum Gasteiger partial charge on any atom is 1.00 e. The summed E-state index contributed by atoms with van der Waals surface area (Å²) in [5.74, 6) is -0.877. The van der Waals surface area contributed by atoms with Gasteiger partial charge in [0, 0.05) is 5.56 Å². The van der Waals surface area contributed by atoms with Gasteiger partial charge < -0.3 is 5.11 Å². The second-order valence-electron chi connectivity index (χ2n) is 2.30. The van der Waals surface area contributed by atoms with Crippen LogP contribution in [0.15, 0.2) is 35.0 Å². The fourth-order valence-electron chi connectivity index (χ4n) is 0.807. The van der Waals surface area contributed by atoms with Gasteiger partial charge in [0.2, 0.25) is 0 Å². The standard InChI is InChI=1S/C9H6BrFO2.Na/c10-7-5-6(1-2-8(7)11)9(13)3-4-12;/h1-5,12H;/q;+1/p-1. The number of allylic oxidation sites excluding steroid dienone is 1. The van der Waals surface area contributed by atoms with Crippen molar-refractivity contribution >= 4 is 21.7 Å². The molecule has 68 valence electrons. The van der Waals surface area contributed by atoms with Crippen molar-refractivity contribution in [1.29, 1.82) is 0 Å². The minimum Gasteiger partial charge on any atom is -0.878 e. The van der Waals surface area contributed by atoms with Crippen molar-refractivity contribution in [2.45, 2.75) is 0 Å². The van der Waals surface area contributed by atoms with Crippen molar-refractivity contribution in [3.8, 4) is 0 Å². The Labute approximate surface area is 111 Å². The number of rotatable bonds is 2. The zero-order chi connectivity index (χ0) is 9.84. The number of carbonyl (C=O) groups excluding carboxylic acids is 1. The molecule has 0 aliphatic heterocycles. The van der Waals surface area contributed by atoms with Crippen LogP contribution in [0.3, 0.4) is 0 Å². The number of halogens is 2. The van der Waals surface area contributed by atoms with E-state index in [2.05, 4.69) is 15.9 Å². The number of carbonyl (C=O) groups is 1. The summed E-state index contributed by atoms with van der Waals surface area (Å²) in [4.78, 5) is 11.1. The van der Waals surface area contributed by atoms with Crippen LogP contribution >= 0.6 is 15.9 Å². The quantitative estimate of drug-likeness (QED) is 0.288. The Hall–Kier alpha value is -0.160. The van der Waals surface area contributed by atoms with Gasteiger partial charge in [0.15, 0.2) is 5.78 Å². The molecule has 2 nitrogen and oxygen atoms in total. The van der Waals surface area contributed by atoms with E-state index in [0.29, 0.717) is 6.26 Å². The van der Waals surface area contributed by atoms with Crippen molar-refractivity contribution in [3.05, 3.63) is 46.4 Å². The normalized spacial score (nSPS) is 9.86. The van der Waals surface area contributed by atoms with Gasteiger partial charge in [-0.1, -0.05) is 0 Å². The second-order valence-corrected chi connectivity index (χ2v) is 3.15. The molecule has 0 fully saturated rings. The Kier molecular flexibility index (Phi) is 6.27. The first kappa shape index (κ1) is 13.8. The molecular formula is C9H5BrFNaO2. The Bertz CT molecular complexity index is 366. The maximum atomic E-state index is 12.7. The van der Waals surface area contributed by atoms with Crippen LogP contribution < -0.4 is 34.7 Å². The van der Waals surface area contributed by atoms with Crippen LogP contribution in [0.1, 0.15) is 10.4 Å². The van der Waals surface area contributed by atoms with Crippen LogP contribution in [0.2, 0.25) is 0 Å². The summed E-state index contributed by atoms with van der Waals surface area (Å²) in [7, 11) is 0. The predicted molar refractivity (Wildman–Crippen MR) is 47.6 cm³/mol. The second kappa shape index (κ2) is 6.35. The van der Waals surface area contributed by atoms with Gasteiger partial charge in [0.25, 0.3) is 0 Å². The van der Waals surface area contributed by atoms with Crippen LogP contribution in [-0.2, 0) is 0 Å². The van der Waals surface area contributed by atoms with Crippen LogP contribution in [0.25, 0.3) is 0 Å². The molecule has 1 rings (SSSR count). The van der Waals surface area contributed by atoms with Crippen LogP contribution in [-0.4, -0.2) is 5.78 Å². The van der Waals surface area contributed by atoms with Gasteiger partial charge in [-0.3, -0.25) is 4.79 Å². The van der Waals surface area contributed by atoms with Crippen LogP contribution in [0.4, 0.5) is 4.39 Å². The molecule has 0 saturated carbocycles. The molecule has 0 heterocycles. The maximum absolute atomic E-state index is 12.7. The molecule has 0 N–H and O–H groups in total. The van der Waals surface area contributed by atoms with Crippen molar-refractivity contribution in [3.63, 3.8) is 0 Å². The molecule has 0 bridgehead atoms. The zero-order valence-electron chi connectivity index (χ0n) is 7.46. The average Bonchev–Trinajstić information content (AvgIpc) is 2.10. The van der Waals surface area contributed by atoms with Gasteiger partial charge in [0.1, 0.15) is 5.82 Å². The summed E-state index contributed by atoms with van der Waals surface area (Å²) >= 11 is 2.94. The Morgan fingerprint density at radius 1 is 1.50 bits per heavy atom. The molecule has 0 spiro atoms. The summed E-state index contributed by atoms with van der Waals surface area (Å²) in [6.45, 7) is 0. The van der Waals surface area contributed by atoms with E-state index in [1.807, 2.05) is 0 Å². The SMILES string of the molecule is O=C(C=C[O-])c1ccc(F)c(Br)c1.[Na+]. The first-order valence-corrected chi connectivity index (χ1v) is 4.22. The Balaban J connectivity index is 0.00000169. The fraction of sp³-hybridized carbons (Fsp3) is 0. The van der Waals surface area contributed by atoms with E-state index in [4.69, 9.17) is 0 Å².